The predicted octanol–water partition coefficient (Wildman–Crippen LogP) is 3.76. The number of anilines is 3. The monoisotopic (exact) mass is 529 g/mol. The molecule has 0 radical (unpaired) electrons. The van der Waals surface area contributed by atoms with Crippen LogP contribution in [0.25, 0.3) is 22.5 Å². The number of pyridine rings is 1. The van der Waals surface area contributed by atoms with E-state index in [1.807, 2.05) is 23.1 Å². The average Bonchev–Trinajstić information content (AvgIpc) is 3.66. The molecule has 2 aliphatic heterocycles. The van der Waals surface area contributed by atoms with Crippen molar-refractivity contribution >= 4 is 17.3 Å². The number of aromatic nitrogens is 5. The Morgan fingerprint density at radius 1 is 1.15 bits per heavy atom. The highest BCUT2D eigenvalue weighted by atomic mass is 19.1. The molecule has 4 aromatic rings. The zero-order valence-corrected chi connectivity index (χ0v) is 21.8. The molecule has 6 rings (SSSR count). The second kappa shape index (κ2) is 11.0. The van der Waals surface area contributed by atoms with Crippen molar-refractivity contribution in [3.63, 3.8) is 0 Å². The van der Waals surface area contributed by atoms with E-state index in [1.54, 1.807) is 24.4 Å². The minimum atomic E-state index is -0.452. The predicted molar refractivity (Wildman–Crippen MR) is 149 cm³/mol. The van der Waals surface area contributed by atoms with Crippen LogP contribution in [0.2, 0.25) is 0 Å². The van der Waals surface area contributed by atoms with Crippen LogP contribution in [0.4, 0.5) is 21.7 Å². The van der Waals surface area contributed by atoms with E-state index in [1.165, 1.54) is 13.2 Å². The Hall–Kier alpha value is -4.09. The molecular weight excluding hydrogens is 497 g/mol. The second-order valence-corrected chi connectivity index (χ2v) is 10.00. The van der Waals surface area contributed by atoms with Gasteiger partial charge in [0.15, 0.2) is 5.82 Å². The summed E-state index contributed by atoms with van der Waals surface area (Å²) in [7, 11) is 1.49. The second-order valence-electron chi connectivity index (χ2n) is 10.00. The van der Waals surface area contributed by atoms with Crippen molar-refractivity contribution in [1.82, 2.24) is 30.0 Å². The van der Waals surface area contributed by atoms with Crippen LogP contribution < -0.4 is 26.0 Å². The van der Waals surface area contributed by atoms with Gasteiger partial charge in [-0.25, -0.2) is 19.3 Å². The quantitative estimate of drug-likeness (QED) is 0.329. The fraction of sp³-hybridized carbons (Fsp3) is 0.357. The zero-order valence-electron chi connectivity index (χ0n) is 21.8. The zero-order chi connectivity index (χ0) is 26.8. The number of rotatable bonds is 7. The van der Waals surface area contributed by atoms with Crippen LogP contribution in [-0.4, -0.2) is 64.1 Å². The standard InChI is InChI=1S/C28H32FN9O/c1-39-24-6-2-5-22(29)27(24)28-32-10-8-25(36-28)35-26-12-23(37-11-3-4-19(30)17-37)21(15-33-26)18-13-34-38(16-18)20-7-9-31-14-20/h2,5-6,8,10,12-13,15-16,19-20,31H,3-4,7,9,11,14,17,30H2,1H3,(H,32,33,35,36)/t19-,20+/m0/s1. The minimum absolute atomic E-state index is 0.114. The molecule has 2 fully saturated rings. The first kappa shape index (κ1) is 25.2. The molecule has 11 heteroatoms. The van der Waals surface area contributed by atoms with E-state index in [4.69, 9.17) is 15.5 Å². The number of ether oxygens (including phenoxy) is 1. The highest BCUT2D eigenvalue weighted by Crippen LogP contribution is 2.35. The van der Waals surface area contributed by atoms with E-state index in [-0.39, 0.29) is 17.4 Å². The van der Waals surface area contributed by atoms with Crippen LogP contribution in [0.1, 0.15) is 25.3 Å². The van der Waals surface area contributed by atoms with Crippen molar-refractivity contribution in [1.29, 1.82) is 0 Å². The molecule has 2 saturated heterocycles. The molecule has 3 aromatic heterocycles. The van der Waals surface area contributed by atoms with Gasteiger partial charge in [-0.1, -0.05) is 6.07 Å². The first-order valence-corrected chi connectivity index (χ1v) is 13.3. The summed E-state index contributed by atoms with van der Waals surface area (Å²) in [5.74, 6) is 1.25. The fourth-order valence-corrected chi connectivity index (χ4v) is 5.34. The molecule has 0 aliphatic carbocycles. The van der Waals surface area contributed by atoms with Crippen molar-refractivity contribution in [2.45, 2.75) is 31.3 Å². The Morgan fingerprint density at radius 3 is 2.90 bits per heavy atom. The third-order valence-electron chi connectivity index (χ3n) is 7.33. The molecule has 1 aromatic carbocycles. The highest BCUT2D eigenvalue weighted by molar-refractivity contribution is 5.80. The van der Waals surface area contributed by atoms with E-state index in [9.17, 15) is 4.39 Å². The summed E-state index contributed by atoms with van der Waals surface area (Å²) in [6.45, 7) is 3.61. The van der Waals surface area contributed by atoms with Gasteiger partial charge in [0.25, 0.3) is 0 Å². The molecule has 2 atom stereocenters. The number of hydrogen-bond donors (Lipinski definition) is 3. The molecule has 10 nitrogen and oxygen atoms in total. The summed E-state index contributed by atoms with van der Waals surface area (Å²) in [6, 6.07) is 8.86. The first-order chi connectivity index (χ1) is 19.1. The number of methoxy groups -OCH3 is 1. The fourth-order valence-electron chi connectivity index (χ4n) is 5.34. The maximum absolute atomic E-state index is 14.7. The summed E-state index contributed by atoms with van der Waals surface area (Å²) in [5, 5.41) is 11.3. The van der Waals surface area contributed by atoms with Gasteiger partial charge in [-0.15, -0.1) is 0 Å². The largest absolute Gasteiger partial charge is 0.496 e. The Kier molecular flexibility index (Phi) is 7.08. The lowest BCUT2D eigenvalue weighted by atomic mass is 10.0. The minimum Gasteiger partial charge on any atom is -0.496 e. The van der Waals surface area contributed by atoms with Gasteiger partial charge in [-0.2, -0.15) is 5.10 Å². The summed E-state index contributed by atoms with van der Waals surface area (Å²) in [4.78, 5) is 15.9. The number of hydrogen-bond acceptors (Lipinski definition) is 9. The van der Waals surface area contributed by atoms with Crippen molar-refractivity contribution in [2.75, 3.05) is 43.5 Å². The average molecular weight is 530 g/mol. The van der Waals surface area contributed by atoms with Crippen molar-refractivity contribution in [3.8, 4) is 28.3 Å². The Morgan fingerprint density at radius 2 is 2.08 bits per heavy atom. The lowest BCUT2D eigenvalue weighted by Crippen LogP contribution is -2.43. The van der Waals surface area contributed by atoms with Gasteiger partial charge in [0.05, 0.1) is 24.9 Å². The van der Waals surface area contributed by atoms with Gasteiger partial charge < -0.3 is 26.0 Å². The molecule has 0 saturated carbocycles. The summed E-state index contributed by atoms with van der Waals surface area (Å²) < 4.78 is 22.0. The van der Waals surface area contributed by atoms with Crippen LogP contribution in [-0.2, 0) is 0 Å². The molecule has 0 spiro atoms. The molecular formula is C28H32FN9O. The third kappa shape index (κ3) is 5.27. The van der Waals surface area contributed by atoms with Crippen LogP contribution in [0, 0.1) is 5.82 Å². The van der Waals surface area contributed by atoms with E-state index in [0.717, 1.165) is 62.3 Å². The summed E-state index contributed by atoms with van der Waals surface area (Å²) >= 11 is 0. The summed E-state index contributed by atoms with van der Waals surface area (Å²) in [6.07, 6.45) is 10.6. The number of benzene rings is 1. The van der Waals surface area contributed by atoms with Crippen LogP contribution >= 0.6 is 0 Å². The lowest BCUT2D eigenvalue weighted by molar-refractivity contribution is 0.413. The maximum atomic E-state index is 14.7. The number of nitrogens with one attached hydrogen (secondary N) is 2. The Bertz CT molecular complexity index is 1450. The van der Waals surface area contributed by atoms with Gasteiger partial charge in [-0.3, -0.25) is 4.68 Å². The molecule has 4 N–H and O–H groups in total. The van der Waals surface area contributed by atoms with Crippen molar-refractivity contribution < 1.29 is 9.13 Å². The van der Waals surface area contributed by atoms with Gasteiger partial charge in [-0.05, 0) is 44.0 Å². The Labute approximate surface area is 226 Å². The van der Waals surface area contributed by atoms with Crippen molar-refractivity contribution in [3.05, 3.63) is 60.9 Å². The molecule has 39 heavy (non-hydrogen) atoms. The SMILES string of the molecule is COc1cccc(F)c1-c1nccc(Nc2cc(N3CCC[C@H](N)C3)c(-c3cnn([C@@H]4CCNC4)c3)cn2)n1. The number of piperidine rings is 1. The smallest absolute Gasteiger partial charge is 0.168 e. The molecule has 0 amide bonds. The van der Waals surface area contributed by atoms with Crippen LogP contribution in [0.5, 0.6) is 5.75 Å². The number of nitrogens with zero attached hydrogens (tertiary/aromatic N) is 6. The highest BCUT2D eigenvalue weighted by Gasteiger charge is 2.23. The number of nitrogens with two attached hydrogens (primary N) is 1. The topological polar surface area (TPSA) is 119 Å². The van der Waals surface area contributed by atoms with Crippen LogP contribution in [0.3, 0.4) is 0 Å². The number of halogens is 1. The Balaban J connectivity index is 1.33. The molecule has 0 bridgehead atoms. The van der Waals surface area contributed by atoms with E-state index in [2.05, 4.69) is 36.8 Å². The normalized spacial score (nSPS) is 19.3. The summed E-state index contributed by atoms with van der Waals surface area (Å²) in [5.41, 5.74) is 9.63. The van der Waals surface area contributed by atoms with Crippen LogP contribution in [0.15, 0.2) is 55.1 Å². The van der Waals surface area contributed by atoms with Gasteiger partial charge in [0.1, 0.15) is 23.2 Å². The van der Waals surface area contributed by atoms with E-state index >= 15 is 0 Å². The molecule has 202 valence electrons. The molecule has 5 heterocycles. The molecule has 0 unspecified atom stereocenters. The van der Waals surface area contributed by atoms with E-state index < -0.39 is 5.82 Å². The van der Waals surface area contributed by atoms with Gasteiger partial charge in [0, 0.05) is 67.1 Å². The van der Waals surface area contributed by atoms with Gasteiger partial charge in [0.2, 0.25) is 0 Å². The maximum Gasteiger partial charge on any atom is 0.168 e. The molecule has 2 aliphatic rings. The third-order valence-corrected chi connectivity index (χ3v) is 7.33. The first-order valence-electron chi connectivity index (χ1n) is 13.3. The van der Waals surface area contributed by atoms with Gasteiger partial charge >= 0.3 is 0 Å². The van der Waals surface area contributed by atoms with Crippen molar-refractivity contribution in [2.24, 2.45) is 5.73 Å². The lowest BCUT2D eigenvalue weighted by Gasteiger charge is -2.34. The van der Waals surface area contributed by atoms with E-state index in [0.29, 0.717) is 23.4 Å².